The molecule has 0 saturated heterocycles. The van der Waals surface area contributed by atoms with Gasteiger partial charge < -0.3 is 43.0 Å². The van der Waals surface area contributed by atoms with Crippen LogP contribution in [0, 0.1) is 0 Å². The lowest BCUT2D eigenvalue weighted by Crippen LogP contribution is -2.30. The van der Waals surface area contributed by atoms with Gasteiger partial charge in [0.15, 0.2) is 0 Å². The van der Waals surface area contributed by atoms with Gasteiger partial charge in [-0.25, -0.2) is 0 Å². The molecule has 1 N–H and O–H groups in total. The largest absolute Gasteiger partial charge is 0.391 e. The van der Waals surface area contributed by atoms with Crippen molar-refractivity contribution in [2.45, 2.75) is 124 Å². The van der Waals surface area contributed by atoms with Crippen molar-refractivity contribution in [1.82, 2.24) is 0 Å². The smallest absolute Gasteiger partial charge is 0.0781 e. The Balaban J connectivity index is 3.82. The second kappa shape index (κ2) is 23.5. The molecule has 0 rings (SSSR count). The number of rotatable bonds is 26. The maximum atomic E-state index is 9.26. The second-order valence-electron chi connectivity index (χ2n) is 10.3. The third-order valence-corrected chi connectivity index (χ3v) is 5.31. The van der Waals surface area contributed by atoms with Crippen LogP contribution in [0.5, 0.6) is 0 Å². The Bertz CT molecular complexity index is 494. The highest BCUT2D eigenvalue weighted by Gasteiger charge is 2.14. The number of hydrogen-bond donors (Lipinski definition) is 1. The quantitative estimate of drug-likeness (QED) is 0.164. The van der Waals surface area contributed by atoms with Gasteiger partial charge in [0.05, 0.1) is 102 Å². The highest BCUT2D eigenvalue weighted by molar-refractivity contribution is 4.59. The summed E-state index contributed by atoms with van der Waals surface area (Å²) in [6.45, 7) is 22.3. The van der Waals surface area contributed by atoms with Gasteiger partial charge in [0.1, 0.15) is 0 Å². The standard InChI is InChI=1S/C28H58O9/c1-10-11-12-30-14-22(3)32-16-24(5)34-18-26(7)36-20-28(9)37-19-27(8)35-17-25(6)33-15-23(4)31-13-21(2)29/h21-29H,10-20H2,1-9H3. The number of aliphatic hydroxyl groups excluding tert-OH is 1. The molecule has 37 heavy (non-hydrogen) atoms. The Morgan fingerprint density at radius 2 is 0.703 bits per heavy atom. The highest BCUT2D eigenvalue weighted by Crippen LogP contribution is 2.05. The van der Waals surface area contributed by atoms with E-state index in [1.54, 1.807) is 6.92 Å². The number of hydrogen-bond acceptors (Lipinski definition) is 9. The van der Waals surface area contributed by atoms with Gasteiger partial charge in [-0.2, -0.15) is 0 Å². The molecule has 0 spiro atoms. The van der Waals surface area contributed by atoms with Crippen molar-refractivity contribution in [2.24, 2.45) is 0 Å². The monoisotopic (exact) mass is 538 g/mol. The number of aliphatic hydroxyl groups is 1. The fourth-order valence-corrected chi connectivity index (χ4v) is 2.93. The van der Waals surface area contributed by atoms with E-state index in [0.717, 1.165) is 19.4 Å². The topological polar surface area (TPSA) is 94.1 Å². The van der Waals surface area contributed by atoms with E-state index < -0.39 is 6.10 Å². The van der Waals surface area contributed by atoms with Gasteiger partial charge in [0, 0.05) is 6.61 Å². The van der Waals surface area contributed by atoms with Gasteiger partial charge in [-0.1, -0.05) is 13.3 Å². The van der Waals surface area contributed by atoms with E-state index in [0.29, 0.717) is 52.9 Å². The minimum absolute atomic E-state index is 0.0119. The van der Waals surface area contributed by atoms with Crippen molar-refractivity contribution >= 4 is 0 Å². The van der Waals surface area contributed by atoms with Crippen LogP contribution < -0.4 is 0 Å². The second-order valence-corrected chi connectivity index (χ2v) is 10.3. The summed E-state index contributed by atoms with van der Waals surface area (Å²) in [7, 11) is 0. The summed E-state index contributed by atoms with van der Waals surface area (Å²) in [5, 5.41) is 9.26. The molecule has 0 aromatic carbocycles. The lowest BCUT2D eigenvalue weighted by molar-refractivity contribution is -0.108. The van der Waals surface area contributed by atoms with E-state index in [9.17, 15) is 5.11 Å². The number of unbranched alkanes of at least 4 members (excludes halogenated alkanes) is 1. The fourth-order valence-electron chi connectivity index (χ4n) is 2.93. The van der Waals surface area contributed by atoms with Crippen LogP contribution in [-0.2, 0) is 37.9 Å². The van der Waals surface area contributed by atoms with Crippen LogP contribution in [-0.4, -0.2) is 113 Å². The lowest BCUT2D eigenvalue weighted by atomic mass is 10.3. The average Bonchev–Trinajstić information content (AvgIpc) is 2.86. The predicted molar refractivity (Wildman–Crippen MR) is 145 cm³/mol. The normalized spacial score (nSPS) is 18.6. The lowest BCUT2D eigenvalue weighted by Gasteiger charge is -2.23. The first kappa shape index (κ1) is 36.6. The third kappa shape index (κ3) is 24.4. The predicted octanol–water partition coefficient (Wildman–Crippen LogP) is 4.02. The molecule has 0 bridgehead atoms. The molecule has 0 heterocycles. The molecule has 224 valence electrons. The summed E-state index contributed by atoms with van der Waals surface area (Å²) >= 11 is 0. The van der Waals surface area contributed by atoms with E-state index in [-0.39, 0.29) is 42.7 Å². The van der Waals surface area contributed by atoms with Crippen LogP contribution in [0.2, 0.25) is 0 Å². The summed E-state index contributed by atoms with van der Waals surface area (Å²) in [5.41, 5.74) is 0. The van der Waals surface area contributed by atoms with Crippen molar-refractivity contribution < 1.29 is 43.0 Å². The van der Waals surface area contributed by atoms with Crippen molar-refractivity contribution in [2.75, 3.05) is 59.5 Å². The Kier molecular flexibility index (Phi) is 23.3. The molecule has 8 atom stereocenters. The van der Waals surface area contributed by atoms with Gasteiger partial charge in [-0.3, -0.25) is 0 Å². The maximum Gasteiger partial charge on any atom is 0.0781 e. The summed E-state index contributed by atoms with van der Waals surface area (Å²) in [5.74, 6) is 0. The van der Waals surface area contributed by atoms with Gasteiger partial charge >= 0.3 is 0 Å². The van der Waals surface area contributed by atoms with Crippen molar-refractivity contribution in [3.8, 4) is 0 Å². The molecule has 0 radical (unpaired) electrons. The van der Waals surface area contributed by atoms with Crippen LogP contribution >= 0.6 is 0 Å². The average molecular weight is 539 g/mol. The Morgan fingerprint density at radius 3 is 0.973 bits per heavy atom. The molecule has 0 fully saturated rings. The molecular formula is C28H58O9. The summed E-state index contributed by atoms with van der Waals surface area (Å²) in [6, 6.07) is 0. The maximum absolute atomic E-state index is 9.26. The van der Waals surface area contributed by atoms with E-state index >= 15 is 0 Å². The van der Waals surface area contributed by atoms with Gasteiger partial charge in [-0.05, 0) is 61.8 Å². The zero-order chi connectivity index (χ0) is 28.1. The van der Waals surface area contributed by atoms with Crippen LogP contribution in [0.25, 0.3) is 0 Å². The first-order valence-corrected chi connectivity index (χ1v) is 14.1. The Labute approximate surface area is 226 Å². The minimum Gasteiger partial charge on any atom is -0.391 e. The van der Waals surface area contributed by atoms with Crippen LogP contribution in [0.15, 0.2) is 0 Å². The molecule has 9 nitrogen and oxygen atoms in total. The van der Waals surface area contributed by atoms with Crippen LogP contribution in [0.4, 0.5) is 0 Å². The van der Waals surface area contributed by atoms with Crippen LogP contribution in [0.3, 0.4) is 0 Å². The van der Waals surface area contributed by atoms with Crippen molar-refractivity contribution in [3.05, 3.63) is 0 Å². The van der Waals surface area contributed by atoms with Crippen molar-refractivity contribution in [1.29, 1.82) is 0 Å². The fraction of sp³-hybridized carbons (Fsp3) is 1.00. The third-order valence-electron chi connectivity index (χ3n) is 5.31. The van der Waals surface area contributed by atoms with E-state index in [1.165, 1.54) is 0 Å². The van der Waals surface area contributed by atoms with E-state index in [4.69, 9.17) is 37.9 Å². The van der Waals surface area contributed by atoms with Crippen molar-refractivity contribution in [3.63, 3.8) is 0 Å². The minimum atomic E-state index is -0.475. The molecule has 0 aromatic heterocycles. The van der Waals surface area contributed by atoms with Gasteiger partial charge in [-0.15, -0.1) is 0 Å². The molecule has 0 aliphatic heterocycles. The van der Waals surface area contributed by atoms with Crippen LogP contribution in [0.1, 0.15) is 75.2 Å². The molecule has 8 unspecified atom stereocenters. The first-order valence-electron chi connectivity index (χ1n) is 14.1. The molecular weight excluding hydrogens is 480 g/mol. The molecule has 0 aliphatic carbocycles. The number of ether oxygens (including phenoxy) is 8. The Hall–Kier alpha value is -0.360. The zero-order valence-electron chi connectivity index (χ0n) is 25.1. The molecule has 0 amide bonds. The Morgan fingerprint density at radius 1 is 0.432 bits per heavy atom. The molecule has 0 aliphatic rings. The zero-order valence-corrected chi connectivity index (χ0v) is 25.1. The van der Waals surface area contributed by atoms with Gasteiger partial charge in [0.25, 0.3) is 0 Å². The summed E-state index contributed by atoms with van der Waals surface area (Å²) < 4.78 is 46.1. The molecule has 0 aromatic rings. The SMILES string of the molecule is CCCCOCC(C)OCC(C)OCC(C)OCC(C)OCC(C)OCC(C)OCC(C)OCC(C)O. The van der Waals surface area contributed by atoms with Gasteiger partial charge in [0.2, 0.25) is 0 Å². The summed E-state index contributed by atoms with van der Waals surface area (Å²) in [4.78, 5) is 0. The first-order chi connectivity index (χ1) is 17.5. The molecule has 0 saturated carbocycles. The summed E-state index contributed by atoms with van der Waals surface area (Å²) in [6.07, 6.45) is 1.50. The highest BCUT2D eigenvalue weighted by atomic mass is 16.6. The van der Waals surface area contributed by atoms with E-state index in [1.807, 2.05) is 48.5 Å². The molecule has 9 heteroatoms. The van der Waals surface area contributed by atoms with E-state index in [2.05, 4.69) is 6.92 Å².